The maximum absolute atomic E-state index is 12.2. The van der Waals surface area contributed by atoms with E-state index in [-0.39, 0.29) is 10.9 Å². The van der Waals surface area contributed by atoms with E-state index >= 15 is 0 Å². The third-order valence-corrected chi connectivity index (χ3v) is 4.40. The third kappa shape index (κ3) is 6.10. The Balaban J connectivity index is 2.82. The van der Waals surface area contributed by atoms with Crippen LogP contribution in [0.1, 0.15) is 32.8 Å². The summed E-state index contributed by atoms with van der Waals surface area (Å²) in [5, 5.41) is 8.54. The van der Waals surface area contributed by atoms with E-state index in [4.69, 9.17) is 5.11 Å². The second kappa shape index (κ2) is 7.38. The van der Waals surface area contributed by atoms with Gasteiger partial charge in [-0.25, -0.2) is 17.9 Å². The zero-order chi connectivity index (χ0) is 16.0. The van der Waals surface area contributed by atoms with Gasteiger partial charge in [-0.15, -0.1) is 0 Å². The molecule has 21 heavy (non-hydrogen) atoms. The summed E-state index contributed by atoms with van der Waals surface area (Å²) >= 11 is 0. The van der Waals surface area contributed by atoms with Crippen LogP contribution in [0.4, 0.5) is 0 Å². The van der Waals surface area contributed by atoms with Crippen LogP contribution in [-0.2, 0) is 14.8 Å². The molecule has 6 heteroatoms. The number of sulfonamides is 1. The standard InChI is InChI=1S/C15H21NO4S/c1-11(2)10-12(3)16-21(19,20)14-7-4-13(5-8-14)6-9-15(17)18/h4-9,11-12,16H,10H2,1-3H3,(H,17,18)/b9-6+. The molecule has 0 fully saturated rings. The highest BCUT2D eigenvalue weighted by molar-refractivity contribution is 7.89. The maximum atomic E-state index is 12.2. The Morgan fingerprint density at radius 2 is 1.81 bits per heavy atom. The number of rotatable bonds is 7. The minimum atomic E-state index is -3.54. The molecule has 2 N–H and O–H groups in total. The minimum Gasteiger partial charge on any atom is -0.478 e. The first-order valence-corrected chi connectivity index (χ1v) is 8.22. The van der Waals surface area contributed by atoms with Crippen LogP contribution in [0.3, 0.4) is 0 Å². The van der Waals surface area contributed by atoms with Gasteiger partial charge in [0.1, 0.15) is 0 Å². The Labute approximate surface area is 125 Å². The fourth-order valence-electron chi connectivity index (χ4n) is 2.01. The molecule has 0 aromatic heterocycles. The van der Waals surface area contributed by atoms with E-state index in [0.717, 1.165) is 12.5 Å². The summed E-state index contributed by atoms with van der Waals surface area (Å²) in [6.45, 7) is 5.91. The molecule has 0 aliphatic heterocycles. The van der Waals surface area contributed by atoms with Gasteiger partial charge < -0.3 is 5.11 Å². The van der Waals surface area contributed by atoms with Crippen molar-refractivity contribution in [2.75, 3.05) is 0 Å². The largest absolute Gasteiger partial charge is 0.478 e. The van der Waals surface area contributed by atoms with Crippen LogP contribution in [0.15, 0.2) is 35.2 Å². The van der Waals surface area contributed by atoms with Crippen molar-refractivity contribution in [2.45, 2.75) is 38.1 Å². The van der Waals surface area contributed by atoms with E-state index in [9.17, 15) is 13.2 Å². The number of hydrogen-bond donors (Lipinski definition) is 2. The molecule has 5 nitrogen and oxygen atoms in total. The summed E-state index contributed by atoms with van der Waals surface area (Å²) in [6, 6.07) is 5.93. The van der Waals surface area contributed by atoms with Crippen molar-refractivity contribution >= 4 is 22.1 Å². The van der Waals surface area contributed by atoms with Crippen molar-refractivity contribution in [3.05, 3.63) is 35.9 Å². The van der Waals surface area contributed by atoms with Crippen LogP contribution < -0.4 is 4.72 Å². The molecule has 0 spiro atoms. The van der Waals surface area contributed by atoms with E-state index in [1.807, 2.05) is 20.8 Å². The Morgan fingerprint density at radius 1 is 1.24 bits per heavy atom. The summed E-state index contributed by atoms with van der Waals surface area (Å²) in [6.07, 6.45) is 3.18. The molecule has 0 amide bonds. The van der Waals surface area contributed by atoms with Gasteiger partial charge in [-0.3, -0.25) is 0 Å². The summed E-state index contributed by atoms with van der Waals surface area (Å²) in [5.41, 5.74) is 0.631. The number of carboxylic acid groups (broad SMARTS) is 1. The van der Waals surface area contributed by atoms with Crippen LogP contribution in [0, 0.1) is 5.92 Å². The average Bonchev–Trinajstić information content (AvgIpc) is 2.35. The first-order valence-electron chi connectivity index (χ1n) is 6.74. The van der Waals surface area contributed by atoms with Gasteiger partial charge in [0.25, 0.3) is 0 Å². The van der Waals surface area contributed by atoms with Crippen molar-refractivity contribution in [3.8, 4) is 0 Å². The summed E-state index contributed by atoms with van der Waals surface area (Å²) < 4.78 is 27.0. The van der Waals surface area contributed by atoms with Gasteiger partial charge in [-0.2, -0.15) is 0 Å². The molecular formula is C15H21NO4S. The van der Waals surface area contributed by atoms with Gasteiger partial charge in [0.15, 0.2) is 0 Å². The lowest BCUT2D eigenvalue weighted by Gasteiger charge is -2.16. The second-order valence-electron chi connectivity index (χ2n) is 5.39. The van der Waals surface area contributed by atoms with Gasteiger partial charge >= 0.3 is 5.97 Å². The molecule has 0 aliphatic carbocycles. The fraction of sp³-hybridized carbons (Fsp3) is 0.400. The molecule has 1 rings (SSSR count). The Morgan fingerprint density at radius 3 is 2.29 bits per heavy atom. The highest BCUT2D eigenvalue weighted by Gasteiger charge is 2.17. The molecule has 0 heterocycles. The minimum absolute atomic E-state index is 0.137. The predicted molar refractivity (Wildman–Crippen MR) is 82.4 cm³/mol. The summed E-state index contributed by atoms with van der Waals surface area (Å²) in [7, 11) is -3.54. The Hall–Kier alpha value is -1.66. The Kier molecular flexibility index (Phi) is 6.11. The van der Waals surface area contributed by atoms with E-state index in [1.54, 1.807) is 12.1 Å². The van der Waals surface area contributed by atoms with Crippen molar-refractivity contribution in [2.24, 2.45) is 5.92 Å². The second-order valence-corrected chi connectivity index (χ2v) is 7.11. The summed E-state index contributed by atoms with van der Waals surface area (Å²) in [5.74, 6) is -0.637. The smallest absolute Gasteiger partial charge is 0.328 e. The predicted octanol–water partition coefficient (Wildman–Crippen LogP) is 2.50. The van der Waals surface area contributed by atoms with Gasteiger partial charge in [-0.05, 0) is 43.0 Å². The van der Waals surface area contributed by atoms with Gasteiger partial charge in [0.05, 0.1) is 4.90 Å². The monoisotopic (exact) mass is 311 g/mol. The molecule has 1 aromatic rings. The lowest BCUT2D eigenvalue weighted by Crippen LogP contribution is -2.33. The third-order valence-electron chi connectivity index (χ3n) is 2.79. The molecule has 1 aromatic carbocycles. The highest BCUT2D eigenvalue weighted by Crippen LogP contribution is 2.14. The van der Waals surface area contributed by atoms with Crippen molar-refractivity contribution in [3.63, 3.8) is 0 Å². The fourth-order valence-corrected chi connectivity index (χ4v) is 3.27. The molecule has 0 aliphatic rings. The maximum Gasteiger partial charge on any atom is 0.328 e. The van der Waals surface area contributed by atoms with Crippen LogP contribution in [0.25, 0.3) is 6.08 Å². The van der Waals surface area contributed by atoms with Crippen LogP contribution >= 0.6 is 0 Å². The van der Waals surface area contributed by atoms with Gasteiger partial charge in [0.2, 0.25) is 10.0 Å². The number of hydrogen-bond acceptors (Lipinski definition) is 3. The number of nitrogens with one attached hydrogen (secondary N) is 1. The molecule has 0 saturated carbocycles. The number of benzene rings is 1. The van der Waals surface area contributed by atoms with Crippen LogP contribution in [0.2, 0.25) is 0 Å². The average molecular weight is 311 g/mol. The molecule has 116 valence electrons. The zero-order valence-corrected chi connectivity index (χ0v) is 13.2. The zero-order valence-electron chi connectivity index (χ0n) is 12.4. The van der Waals surface area contributed by atoms with Crippen LogP contribution in [0.5, 0.6) is 0 Å². The first-order chi connectivity index (χ1) is 9.70. The molecule has 1 unspecified atom stereocenters. The van der Waals surface area contributed by atoms with E-state index in [1.165, 1.54) is 18.2 Å². The normalized spacial score (nSPS) is 13.7. The topological polar surface area (TPSA) is 83.5 Å². The van der Waals surface area contributed by atoms with Crippen molar-refractivity contribution in [1.82, 2.24) is 4.72 Å². The van der Waals surface area contributed by atoms with E-state index in [2.05, 4.69) is 4.72 Å². The quantitative estimate of drug-likeness (QED) is 0.758. The SMILES string of the molecule is CC(C)CC(C)NS(=O)(=O)c1ccc(/C=C/C(=O)O)cc1. The highest BCUT2D eigenvalue weighted by atomic mass is 32.2. The Bertz CT molecular complexity index is 603. The summed E-state index contributed by atoms with van der Waals surface area (Å²) in [4.78, 5) is 10.6. The molecule has 1 atom stereocenters. The number of carboxylic acids is 1. The van der Waals surface area contributed by atoms with Gasteiger partial charge in [0, 0.05) is 12.1 Å². The molecule has 0 saturated heterocycles. The van der Waals surface area contributed by atoms with E-state index < -0.39 is 16.0 Å². The lowest BCUT2D eigenvalue weighted by atomic mass is 10.1. The number of carbonyl (C=O) groups is 1. The lowest BCUT2D eigenvalue weighted by molar-refractivity contribution is -0.131. The molecular weight excluding hydrogens is 290 g/mol. The van der Waals surface area contributed by atoms with E-state index in [0.29, 0.717) is 11.5 Å². The van der Waals surface area contributed by atoms with Crippen LogP contribution in [-0.4, -0.2) is 25.5 Å². The van der Waals surface area contributed by atoms with Crippen molar-refractivity contribution in [1.29, 1.82) is 0 Å². The molecule has 0 radical (unpaired) electrons. The number of aliphatic carboxylic acids is 1. The van der Waals surface area contributed by atoms with Gasteiger partial charge in [-0.1, -0.05) is 26.0 Å². The molecule has 0 bridgehead atoms. The van der Waals surface area contributed by atoms with Crippen molar-refractivity contribution < 1.29 is 18.3 Å². The first kappa shape index (κ1) is 17.4.